The Bertz CT molecular complexity index is 1220. The van der Waals surface area contributed by atoms with Gasteiger partial charge in [0, 0.05) is 35.6 Å². The molecule has 0 atom stereocenters. The molecule has 6 nitrogen and oxygen atoms in total. The van der Waals surface area contributed by atoms with Crippen molar-refractivity contribution in [3.63, 3.8) is 0 Å². The number of hydrogen-bond acceptors (Lipinski definition) is 7. The van der Waals surface area contributed by atoms with E-state index in [9.17, 15) is 4.79 Å². The smallest absolute Gasteiger partial charge is 0.252 e. The molecule has 154 valence electrons. The molecular weight excluding hydrogens is 416 g/mol. The van der Waals surface area contributed by atoms with Crippen LogP contribution in [0.25, 0.3) is 15.8 Å². The van der Waals surface area contributed by atoms with Crippen LogP contribution in [0.15, 0.2) is 47.6 Å². The molecule has 0 aliphatic carbocycles. The average Bonchev–Trinajstić information content (AvgIpc) is 3.32. The number of anilines is 1. The third kappa shape index (κ3) is 3.59. The molecule has 3 heterocycles. The van der Waals surface area contributed by atoms with Crippen LogP contribution >= 0.6 is 22.7 Å². The van der Waals surface area contributed by atoms with Gasteiger partial charge in [0.2, 0.25) is 0 Å². The highest BCUT2D eigenvalue weighted by Gasteiger charge is 2.21. The van der Waals surface area contributed by atoms with Gasteiger partial charge in [-0.05, 0) is 49.5 Å². The molecule has 0 saturated carbocycles. The zero-order valence-corrected chi connectivity index (χ0v) is 18.5. The van der Waals surface area contributed by atoms with E-state index in [1.54, 1.807) is 42.8 Å². The van der Waals surface area contributed by atoms with Gasteiger partial charge in [-0.15, -0.1) is 22.7 Å². The second-order valence-corrected chi connectivity index (χ2v) is 8.95. The number of benzene rings is 1. The Hall–Kier alpha value is -3.10. The van der Waals surface area contributed by atoms with E-state index in [1.165, 1.54) is 6.20 Å². The number of amides is 1. The number of carbonyl (C=O) groups is 1. The van der Waals surface area contributed by atoms with Gasteiger partial charge in [-0.3, -0.25) is 9.79 Å². The number of aryl methyl sites for hydroxylation is 1. The Morgan fingerprint density at radius 2 is 2.17 bits per heavy atom. The van der Waals surface area contributed by atoms with Crippen LogP contribution in [0.3, 0.4) is 0 Å². The number of thiophene rings is 2. The lowest BCUT2D eigenvalue weighted by Crippen LogP contribution is -2.18. The van der Waals surface area contributed by atoms with E-state index in [0.717, 1.165) is 53.2 Å². The van der Waals surface area contributed by atoms with Gasteiger partial charge in [-0.2, -0.15) is 0 Å². The first-order valence-corrected chi connectivity index (χ1v) is 11.1. The minimum Gasteiger partial charge on any atom is -0.456 e. The van der Waals surface area contributed by atoms with Crippen LogP contribution < -0.4 is 21.1 Å². The van der Waals surface area contributed by atoms with Gasteiger partial charge in [0.1, 0.15) is 11.5 Å². The predicted molar refractivity (Wildman–Crippen MR) is 127 cm³/mol. The van der Waals surface area contributed by atoms with Gasteiger partial charge in [-0.25, -0.2) is 0 Å². The molecule has 30 heavy (non-hydrogen) atoms. The van der Waals surface area contributed by atoms with Crippen molar-refractivity contribution in [2.45, 2.75) is 6.92 Å². The number of nitrogens with one attached hydrogen (secondary N) is 2. The molecule has 0 spiro atoms. The molecule has 1 aliphatic rings. The molecule has 0 bridgehead atoms. The maximum absolute atomic E-state index is 12.2. The first-order valence-electron chi connectivity index (χ1n) is 9.42. The van der Waals surface area contributed by atoms with Gasteiger partial charge in [-0.1, -0.05) is 0 Å². The monoisotopic (exact) mass is 438 g/mol. The number of nitrogens with two attached hydrogens (primary N) is 1. The summed E-state index contributed by atoms with van der Waals surface area (Å²) in [4.78, 5) is 19.5. The normalized spacial score (nSPS) is 13.8. The third-order valence-corrected chi connectivity index (χ3v) is 7.04. The van der Waals surface area contributed by atoms with Gasteiger partial charge in [0.05, 0.1) is 26.7 Å². The van der Waals surface area contributed by atoms with Crippen molar-refractivity contribution < 1.29 is 9.53 Å². The van der Waals surface area contributed by atoms with Crippen LogP contribution in [0, 0.1) is 6.92 Å². The Kier molecular flexibility index (Phi) is 5.61. The number of carbonyl (C=O) groups excluding carboxylic acids is 1. The van der Waals surface area contributed by atoms with E-state index in [-0.39, 0.29) is 5.91 Å². The van der Waals surface area contributed by atoms with Crippen molar-refractivity contribution in [1.29, 1.82) is 0 Å². The van der Waals surface area contributed by atoms with Crippen LogP contribution in [0.5, 0.6) is 5.75 Å². The highest BCUT2D eigenvalue weighted by molar-refractivity contribution is 7.19. The minimum absolute atomic E-state index is 0.0656. The second kappa shape index (κ2) is 8.33. The molecule has 8 heteroatoms. The fraction of sp³-hybridized carbons (Fsp3) is 0.182. The van der Waals surface area contributed by atoms with Crippen molar-refractivity contribution in [2.24, 2.45) is 10.7 Å². The summed E-state index contributed by atoms with van der Waals surface area (Å²) in [7, 11) is 3.40. The fourth-order valence-electron chi connectivity index (χ4n) is 3.42. The fourth-order valence-corrected chi connectivity index (χ4v) is 5.64. The minimum atomic E-state index is -0.0656. The molecule has 0 radical (unpaired) electrons. The Labute approximate surface area is 182 Å². The largest absolute Gasteiger partial charge is 0.456 e. The summed E-state index contributed by atoms with van der Waals surface area (Å²) in [6.45, 7) is 2.65. The highest BCUT2D eigenvalue weighted by atomic mass is 32.1. The maximum Gasteiger partial charge on any atom is 0.252 e. The summed E-state index contributed by atoms with van der Waals surface area (Å²) in [5.41, 5.74) is 8.13. The first-order chi connectivity index (χ1) is 14.5. The topological polar surface area (TPSA) is 88.7 Å². The Morgan fingerprint density at radius 1 is 1.33 bits per heavy atom. The van der Waals surface area contributed by atoms with Crippen LogP contribution in [0.4, 0.5) is 5.69 Å². The van der Waals surface area contributed by atoms with Crippen LogP contribution in [-0.4, -0.2) is 32.3 Å². The summed E-state index contributed by atoms with van der Waals surface area (Å²) < 4.78 is 7.29. The molecule has 4 N–H and O–H groups in total. The van der Waals surface area contributed by atoms with Crippen molar-refractivity contribution in [3.8, 4) is 5.75 Å². The molecule has 1 aliphatic heterocycles. The zero-order chi connectivity index (χ0) is 21.3. The lowest BCUT2D eigenvalue weighted by molar-refractivity contribution is 0.0964. The second-order valence-electron chi connectivity index (χ2n) is 6.64. The van der Waals surface area contributed by atoms with Crippen LogP contribution in [-0.2, 0) is 0 Å². The van der Waals surface area contributed by atoms with Gasteiger partial charge in [0.15, 0.2) is 0 Å². The van der Waals surface area contributed by atoms with E-state index >= 15 is 0 Å². The summed E-state index contributed by atoms with van der Waals surface area (Å²) in [6, 6.07) is 7.93. The van der Waals surface area contributed by atoms with Gasteiger partial charge >= 0.3 is 0 Å². The average molecular weight is 439 g/mol. The molecular formula is C22H22N4O2S2. The number of aliphatic imine (C=N–C) groups is 1. The summed E-state index contributed by atoms with van der Waals surface area (Å²) in [5.74, 6) is 1.49. The number of rotatable bonds is 5. The van der Waals surface area contributed by atoms with E-state index in [0.29, 0.717) is 6.54 Å². The van der Waals surface area contributed by atoms with E-state index in [1.807, 2.05) is 31.2 Å². The number of hydrogen-bond donors (Lipinski definition) is 3. The van der Waals surface area contributed by atoms with Gasteiger partial charge in [0.25, 0.3) is 5.91 Å². The maximum atomic E-state index is 12.2. The highest BCUT2D eigenvalue weighted by Crippen LogP contribution is 2.39. The molecule has 0 unspecified atom stereocenters. The van der Waals surface area contributed by atoms with Gasteiger partial charge < -0.3 is 21.1 Å². The quantitative estimate of drug-likeness (QED) is 0.516. The summed E-state index contributed by atoms with van der Waals surface area (Å²) in [6.07, 6.45) is 5.32. The van der Waals surface area contributed by atoms with Crippen LogP contribution in [0.1, 0.15) is 25.0 Å². The number of fused-ring (bicyclic) bond motifs is 2. The van der Waals surface area contributed by atoms with Crippen LogP contribution in [0.2, 0.25) is 0 Å². The summed E-state index contributed by atoms with van der Waals surface area (Å²) in [5, 5.41) is 7.04. The summed E-state index contributed by atoms with van der Waals surface area (Å²) >= 11 is 3.20. The Balaban J connectivity index is 1.66. The Morgan fingerprint density at radius 3 is 2.90 bits per heavy atom. The van der Waals surface area contributed by atoms with E-state index < -0.39 is 0 Å². The van der Waals surface area contributed by atoms with Crippen molar-refractivity contribution in [3.05, 3.63) is 62.8 Å². The lowest BCUT2D eigenvalue weighted by atomic mass is 10.1. The van der Waals surface area contributed by atoms with E-state index in [4.69, 9.17) is 10.5 Å². The van der Waals surface area contributed by atoms with Crippen molar-refractivity contribution in [2.75, 3.05) is 26.0 Å². The lowest BCUT2D eigenvalue weighted by Gasteiger charge is -2.16. The van der Waals surface area contributed by atoms with Crippen molar-refractivity contribution in [1.82, 2.24) is 5.32 Å². The molecule has 4 rings (SSSR count). The molecule has 3 aromatic rings. The molecule has 0 fully saturated rings. The zero-order valence-electron chi connectivity index (χ0n) is 16.9. The number of nitrogens with zero attached hydrogens (tertiary/aromatic N) is 1. The third-order valence-electron chi connectivity index (χ3n) is 4.80. The SMILES string of the molecule is CN=C(C=CN)c1cc2c(s1)C(Oc1ccc3c(C(=O)NC)c(C)sc3c1)=CCN2. The predicted octanol–water partition coefficient (Wildman–Crippen LogP) is 4.37. The molecule has 1 amide bonds. The molecule has 1 aromatic carbocycles. The number of allylic oxidation sites excluding steroid dienone is 1. The standard InChI is InChI=1S/C22H22N4O2S2/c1-12-20(22(27)25-3)14-5-4-13(10-18(14)29-12)28-17-7-9-26-16-11-19(30-21(16)17)15(24-2)6-8-23/h4-8,10-11,26H,9,23H2,1-3H3,(H,25,27). The first kappa shape index (κ1) is 20.2. The molecule has 2 aromatic heterocycles. The van der Waals surface area contributed by atoms with E-state index in [2.05, 4.69) is 21.7 Å². The van der Waals surface area contributed by atoms with Crippen molar-refractivity contribution >= 4 is 55.8 Å². The molecule has 0 saturated heterocycles. The number of ether oxygens (including phenoxy) is 1.